The van der Waals surface area contributed by atoms with Crippen LogP contribution in [0, 0.1) is 0 Å². The Kier molecular flexibility index (Phi) is 4.29. The van der Waals surface area contributed by atoms with Crippen LogP contribution >= 0.6 is 11.8 Å². The Bertz CT molecular complexity index is 2200. The van der Waals surface area contributed by atoms with Gasteiger partial charge in [0.05, 0.1) is 27.8 Å². The number of nitrogens with zero attached hydrogens (tertiary/aromatic N) is 2. The van der Waals surface area contributed by atoms with Gasteiger partial charge in [-0.1, -0.05) is 90.6 Å². The lowest BCUT2D eigenvalue weighted by atomic mass is 10.0. The van der Waals surface area contributed by atoms with Gasteiger partial charge in [0.2, 0.25) is 0 Å². The predicted octanol–water partition coefficient (Wildman–Crippen LogP) is 10.0. The summed E-state index contributed by atoms with van der Waals surface area (Å²) in [5, 5.41) is 5.19. The summed E-state index contributed by atoms with van der Waals surface area (Å²) in [6.45, 7) is 0. The maximum atomic E-state index is 2.45. The molecule has 0 amide bonds. The van der Waals surface area contributed by atoms with Gasteiger partial charge in [-0.2, -0.15) is 0 Å². The van der Waals surface area contributed by atoms with E-state index in [9.17, 15) is 0 Å². The Balaban J connectivity index is 1.24. The minimum absolute atomic E-state index is 1.18. The van der Waals surface area contributed by atoms with Crippen molar-refractivity contribution in [3.05, 3.63) is 133 Å². The minimum atomic E-state index is 1.18. The molecule has 1 aliphatic rings. The van der Waals surface area contributed by atoms with Crippen LogP contribution in [-0.2, 0) is 0 Å². The average molecular weight is 515 g/mol. The highest BCUT2D eigenvalue weighted by molar-refractivity contribution is 7.99. The summed E-state index contributed by atoms with van der Waals surface area (Å²) in [6.07, 6.45) is 0. The maximum Gasteiger partial charge on any atom is 0.0681 e. The van der Waals surface area contributed by atoms with Gasteiger partial charge < -0.3 is 9.13 Å². The van der Waals surface area contributed by atoms with Crippen LogP contribution < -0.4 is 0 Å². The third kappa shape index (κ3) is 2.94. The first-order chi connectivity index (χ1) is 19.3. The molecule has 1 aliphatic heterocycles. The van der Waals surface area contributed by atoms with Crippen molar-refractivity contribution in [3.8, 4) is 22.5 Å². The van der Waals surface area contributed by atoms with Crippen molar-refractivity contribution in [2.75, 3.05) is 0 Å². The van der Waals surface area contributed by atoms with E-state index in [0.29, 0.717) is 0 Å². The summed E-state index contributed by atoms with van der Waals surface area (Å²) in [7, 11) is 0. The van der Waals surface area contributed by atoms with E-state index in [1.54, 1.807) is 0 Å². The molecule has 0 aliphatic carbocycles. The maximum absolute atomic E-state index is 2.45. The lowest BCUT2D eigenvalue weighted by Crippen LogP contribution is -2.01. The highest BCUT2D eigenvalue weighted by Crippen LogP contribution is 2.48. The van der Waals surface area contributed by atoms with Crippen LogP contribution in [0.4, 0.5) is 0 Å². The van der Waals surface area contributed by atoms with E-state index in [0.717, 1.165) is 0 Å². The molecular formula is C36H22N2S. The molecule has 0 fully saturated rings. The van der Waals surface area contributed by atoms with E-state index in [1.807, 2.05) is 11.8 Å². The average Bonchev–Trinajstić information content (AvgIpc) is 3.52. The van der Waals surface area contributed by atoms with Crippen LogP contribution in [0.15, 0.2) is 143 Å². The second kappa shape index (κ2) is 7.89. The molecule has 6 aromatic carbocycles. The molecule has 2 aromatic heterocycles. The molecule has 0 bridgehead atoms. The van der Waals surface area contributed by atoms with E-state index >= 15 is 0 Å². The Morgan fingerprint density at radius 1 is 0.410 bits per heavy atom. The van der Waals surface area contributed by atoms with Crippen LogP contribution in [0.5, 0.6) is 0 Å². The minimum Gasteiger partial charge on any atom is -0.309 e. The normalized spacial score (nSPS) is 12.5. The van der Waals surface area contributed by atoms with Gasteiger partial charge in [-0.25, -0.2) is 0 Å². The third-order valence-corrected chi connectivity index (χ3v) is 9.19. The van der Waals surface area contributed by atoms with Gasteiger partial charge in [0.1, 0.15) is 0 Å². The summed E-state index contributed by atoms with van der Waals surface area (Å²) in [4.78, 5) is 2.61. The van der Waals surface area contributed by atoms with Gasteiger partial charge in [0, 0.05) is 37.0 Å². The number of fused-ring (bicyclic) bond motifs is 8. The van der Waals surface area contributed by atoms with Gasteiger partial charge in [-0.3, -0.25) is 0 Å². The Morgan fingerprint density at radius 3 is 1.67 bits per heavy atom. The second-order valence-electron chi connectivity index (χ2n) is 10.2. The summed E-state index contributed by atoms with van der Waals surface area (Å²) < 4.78 is 4.82. The summed E-state index contributed by atoms with van der Waals surface area (Å²) in [5.41, 5.74) is 9.98. The molecule has 182 valence electrons. The van der Waals surface area contributed by atoms with Gasteiger partial charge in [-0.15, -0.1) is 0 Å². The number of hydrogen-bond acceptors (Lipinski definition) is 1. The van der Waals surface area contributed by atoms with Crippen LogP contribution in [-0.4, -0.2) is 9.13 Å². The Morgan fingerprint density at radius 2 is 0.974 bits per heavy atom. The van der Waals surface area contributed by atoms with Crippen LogP contribution in [0.3, 0.4) is 0 Å². The van der Waals surface area contributed by atoms with E-state index < -0.39 is 0 Å². The lowest BCUT2D eigenvalue weighted by molar-refractivity contribution is 1.09. The largest absolute Gasteiger partial charge is 0.309 e. The quantitative estimate of drug-likeness (QED) is 0.223. The topological polar surface area (TPSA) is 9.86 Å². The predicted molar refractivity (Wildman–Crippen MR) is 165 cm³/mol. The Hall–Kier alpha value is -4.73. The van der Waals surface area contributed by atoms with Crippen LogP contribution in [0.2, 0.25) is 0 Å². The van der Waals surface area contributed by atoms with Crippen molar-refractivity contribution < 1.29 is 0 Å². The molecule has 0 unspecified atom stereocenters. The number of aromatic nitrogens is 2. The number of para-hydroxylation sites is 4. The van der Waals surface area contributed by atoms with Crippen molar-refractivity contribution in [2.24, 2.45) is 0 Å². The zero-order valence-electron chi connectivity index (χ0n) is 21.0. The highest BCUT2D eigenvalue weighted by Gasteiger charge is 2.23. The summed E-state index contributed by atoms with van der Waals surface area (Å²) >= 11 is 1.88. The Labute approximate surface area is 229 Å². The lowest BCUT2D eigenvalue weighted by Gasteiger charge is -2.20. The molecule has 0 spiro atoms. The fraction of sp³-hybridized carbons (Fsp3) is 0. The van der Waals surface area contributed by atoms with E-state index in [1.165, 1.54) is 75.9 Å². The zero-order chi connectivity index (χ0) is 25.5. The first-order valence-electron chi connectivity index (χ1n) is 13.3. The zero-order valence-corrected chi connectivity index (χ0v) is 21.8. The molecule has 39 heavy (non-hydrogen) atoms. The van der Waals surface area contributed by atoms with Crippen molar-refractivity contribution >= 4 is 55.4 Å². The molecule has 3 heteroatoms. The SMILES string of the molecule is c1ccc2c(c1)Sc1cc(-c3ccc(-n4c5ccccc5c5ccccc54)cc3)cc3c4ccccc4n-2c13. The van der Waals surface area contributed by atoms with Crippen molar-refractivity contribution in [2.45, 2.75) is 9.79 Å². The molecular weight excluding hydrogens is 492 g/mol. The molecule has 2 nitrogen and oxygen atoms in total. The number of rotatable bonds is 2. The smallest absolute Gasteiger partial charge is 0.0681 e. The molecule has 0 radical (unpaired) electrons. The van der Waals surface area contributed by atoms with Gasteiger partial charge in [-0.05, 0) is 65.7 Å². The van der Waals surface area contributed by atoms with Crippen molar-refractivity contribution in [3.63, 3.8) is 0 Å². The van der Waals surface area contributed by atoms with E-state index in [4.69, 9.17) is 0 Å². The first kappa shape index (κ1) is 21.2. The monoisotopic (exact) mass is 514 g/mol. The molecule has 0 saturated heterocycles. The number of hydrogen-bond donors (Lipinski definition) is 0. The number of benzene rings is 6. The fourth-order valence-corrected chi connectivity index (χ4v) is 7.54. The van der Waals surface area contributed by atoms with Gasteiger partial charge >= 0.3 is 0 Å². The van der Waals surface area contributed by atoms with Crippen molar-refractivity contribution in [1.82, 2.24) is 9.13 Å². The second-order valence-corrected chi connectivity index (χ2v) is 11.3. The fourth-order valence-electron chi connectivity index (χ4n) is 6.41. The van der Waals surface area contributed by atoms with E-state index in [2.05, 4.69) is 143 Å². The van der Waals surface area contributed by atoms with Crippen molar-refractivity contribution in [1.29, 1.82) is 0 Å². The first-order valence-corrected chi connectivity index (χ1v) is 14.1. The van der Waals surface area contributed by atoms with Gasteiger partial charge in [0.15, 0.2) is 0 Å². The molecule has 0 saturated carbocycles. The van der Waals surface area contributed by atoms with Crippen LogP contribution in [0.25, 0.3) is 66.1 Å². The molecule has 3 heterocycles. The van der Waals surface area contributed by atoms with E-state index in [-0.39, 0.29) is 0 Å². The molecule has 8 aromatic rings. The molecule has 9 rings (SSSR count). The summed E-state index contributed by atoms with van der Waals surface area (Å²) in [6, 6.07) is 48.7. The summed E-state index contributed by atoms with van der Waals surface area (Å²) in [5.74, 6) is 0. The molecule has 0 N–H and O–H groups in total. The highest BCUT2D eigenvalue weighted by atomic mass is 32.2. The molecule has 0 atom stereocenters. The third-order valence-electron chi connectivity index (χ3n) is 8.10. The van der Waals surface area contributed by atoms with Crippen LogP contribution in [0.1, 0.15) is 0 Å². The standard InChI is InChI=1S/C36H22N2S/c1-4-12-30-26(9-1)27-10-2-5-13-31(27)37(30)25-19-17-23(18-20-25)24-21-29-28-11-3-6-14-32(28)38-33-15-7-8-16-34(33)39-35(22-24)36(29)38/h1-22H. The van der Waals surface area contributed by atoms with Gasteiger partial charge in [0.25, 0.3) is 0 Å².